The van der Waals surface area contributed by atoms with E-state index in [-0.39, 0.29) is 5.75 Å². The van der Waals surface area contributed by atoms with Crippen molar-refractivity contribution in [3.05, 3.63) is 48.0 Å². The maximum Gasteiger partial charge on any atom is 0.300 e. The number of aromatic hydroxyl groups is 1. The third-order valence-electron chi connectivity index (χ3n) is 3.20. The van der Waals surface area contributed by atoms with Gasteiger partial charge in [0.1, 0.15) is 11.3 Å². The zero-order valence-corrected chi connectivity index (χ0v) is 11.4. The predicted molar refractivity (Wildman–Crippen MR) is 79.5 cm³/mol. The van der Waals surface area contributed by atoms with Gasteiger partial charge in [-0.3, -0.25) is 0 Å². The monoisotopic (exact) mass is 268 g/mol. The maximum atomic E-state index is 9.41. The first-order chi connectivity index (χ1) is 9.61. The first-order valence-corrected chi connectivity index (χ1v) is 6.58. The molecule has 0 amide bonds. The van der Waals surface area contributed by atoms with Crippen molar-refractivity contribution in [2.75, 3.05) is 5.32 Å². The van der Waals surface area contributed by atoms with Gasteiger partial charge in [0.2, 0.25) is 0 Å². The van der Waals surface area contributed by atoms with Crippen molar-refractivity contribution in [1.29, 1.82) is 0 Å². The van der Waals surface area contributed by atoms with E-state index in [9.17, 15) is 5.11 Å². The number of anilines is 2. The van der Waals surface area contributed by atoms with Gasteiger partial charge in [-0.25, -0.2) is 0 Å². The van der Waals surface area contributed by atoms with Crippen molar-refractivity contribution < 1.29 is 9.52 Å². The number of rotatable bonds is 3. The molecule has 0 aliphatic rings. The quantitative estimate of drug-likeness (QED) is 0.739. The molecule has 0 bridgehead atoms. The van der Waals surface area contributed by atoms with E-state index in [0.29, 0.717) is 23.0 Å². The zero-order valence-electron chi connectivity index (χ0n) is 11.4. The van der Waals surface area contributed by atoms with Gasteiger partial charge in [-0.15, -0.1) is 0 Å². The van der Waals surface area contributed by atoms with Crippen LogP contribution in [-0.4, -0.2) is 10.1 Å². The van der Waals surface area contributed by atoms with E-state index in [1.807, 2.05) is 12.1 Å². The number of fused-ring (bicyclic) bond motifs is 1. The fourth-order valence-corrected chi connectivity index (χ4v) is 2.04. The second kappa shape index (κ2) is 4.89. The van der Waals surface area contributed by atoms with Crippen LogP contribution in [0.3, 0.4) is 0 Å². The minimum Gasteiger partial charge on any atom is -0.508 e. The van der Waals surface area contributed by atoms with Crippen molar-refractivity contribution in [2.24, 2.45) is 0 Å². The summed E-state index contributed by atoms with van der Waals surface area (Å²) in [5, 5.41) is 12.5. The Morgan fingerprint density at radius 1 is 1.10 bits per heavy atom. The van der Waals surface area contributed by atoms with Crippen LogP contribution in [0.1, 0.15) is 25.3 Å². The number of nitrogens with one attached hydrogen (secondary N) is 1. The van der Waals surface area contributed by atoms with Crippen molar-refractivity contribution >= 4 is 22.8 Å². The Kier molecular flexibility index (Phi) is 3.06. The zero-order chi connectivity index (χ0) is 14.1. The third-order valence-corrected chi connectivity index (χ3v) is 3.20. The van der Waals surface area contributed by atoms with E-state index < -0.39 is 0 Å². The number of phenolic OH excluding ortho intramolecular Hbond substituents is 1. The molecule has 0 unspecified atom stereocenters. The van der Waals surface area contributed by atoms with Crippen LogP contribution >= 0.6 is 0 Å². The number of hydrogen-bond donors (Lipinski definition) is 2. The lowest BCUT2D eigenvalue weighted by Gasteiger charge is -2.06. The molecule has 0 radical (unpaired) electrons. The summed E-state index contributed by atoms with van der Waals surface area (Å²) in [4.78, 5) is 4.29. The molecule has 0 aliphatic heterocycles. The molecule has 3 rings (SSSR count). The lowest BCUT2D eigenvalue weighted by atomic mass is 10.0. The topological polar surface area (TPSA) is 58.3 Å². The Morgan fingerprint density at radius 2 is 1.85 bits per heavy atom. The highest BCUT2D eigenvalue weighted by Crippen LogP contribution is 2.25. The first kappa shape index (κ1) is 12.5. The molecular formula is C16H16N2O2. The van der Waals surface area contributed by atoms with Gasteiger partial charge in [-0.05, 0) is 35.7 Å². The molecule has 102 valence electrons. The fraction of sp³-hybridized carbons (Fsp3) is 0.188. The van der Waals surface area contributed by atoms with Crippen LogP contribution in [0.2, 0.25) is 0 Å². The fourth-order valence-electron chi connectivity index (χ4n) is 2.04. The van der Waals surface area contributed by atoms with E-state index in [1.54, 1.807) is 18.2 Å². The number of benzene rings is 2. The van der Waals surface area contributed by atoms with Gasteiger partial charge >= 0.3 is 0 Å². The van der Waals surface area contributed by atoms with Crippen molar-refractivity contribution in [2.45, 2.75) is 19.8 Å². The van der Waals surface area contributed by atoms with Crippen LogP contribution in [0, 0.1) is 0 Å². The molecule has 0 saturated heterocycles. The molecule has 2 N–H and O–H groups in total. The second-order valence-corrected chi connectivity index (χ2v) is 5.07. The number of oxazole rings is 1. The van der Waals surface area contributed by atoms with Gasteiger partial charge in [0.25, 0.3) is 6.01 Å². The smallest absolute Gasteiger partial charge is 0.300 e. The average Bonchev–Trinajstić information content (AvgIpc) is 2.80. The Bertz CT molecular complexity index is 730. The van der Waals surface area contributed by atoms with Crippen molar-refractivity contribution in [1.82, 2.24) is 4.98 Å². The number of phenols is 1. The summed E-state index contributed by atoms with van der Waals surface area (Å²) < 4.78 is 5.57. The molecule has 2 aromatic carbocycles. The van der Waals surface area contributed by atoms with E-state index in [1.165, 1.54) is 5.56 Å². The SMILES string of the molecule is CC(C)c1ccc(Nc2nc3cc(O)ccc3o2)cc1. The Hall–Kier alpha value is -2.49. The molecule has 0 saturated carbocycles. The van der Waals surface area contributed by atoms with Gasteiger partial charge in [-0.1, -0.05) is 26.0 Å². The number of nitrogens with zero attached hydrogens (tertiary/aromatic N) is 1. The van der Waals surface area contributed by atoms with E-state index in [4.69, 9.17) is 4.42 Å². The third kappa shape index (κ3) is 2.45. The van der Waals surface area contributed by atoms with Crippen LogP contribution in [-0.2, 0) is 0 Å². The second-order valence-electron chi connectivity index (χ2n) is 5.07. The number of hydrogen-bond acceptors (Lipinski definition) is 4. The van der Waals surface area contributed by atoms with Crippen LogP contribution in [0.4, 0.5) is 11.7 Å². The van der Waals surface area contributed by atoms with Crippen LogP contribution in [0.5, 0.6) is 5.75 Å². The molecule has 0 aliphatic carbocycles. The summed E-state index contributed by atoms with van der Waals surface area (Å²) in [6.45, 7) is 4.32. The normalized spacial score (nSPS) is 11.2. The summed E-state index contributed by atoms with van der Waals surface area (Å²) in [5.74, 6) is 0.690. The van der Waals surface area contributed by atoms with Crippen molar-refractivity contribution in [3.63, 3.8) is 0 Å². The van der Waals surface area contributed by atoms with Gasteiger partial charge in [0.15, 0.2) is 5.58 Å². The highest BCUT2D eigenvalue weighted by Gasteiger charge is 2.07. The Balaban J connectivity index is 1.85. The first-order valence-electron chi connectivity index (χ1n) is 6.58. The van der Waals surface area contributed by atoms with Crippen molar-refractivity contribution in [3.8, 4) is 5.75 Å². The van der Waals surface area contributed by atoms with Gasteiger partial charge < -0.3 is 14.8 Å². The average molecular weight is 268 g/mol. The highest BCUT2D eigenvalue weighted by molar-refractivity contribution is 5.76. The van der Waals surface area contributed by atoms with E-state index in [2.05, 4.69) is 36.3 Å². The molecule has 4 nitrogen and oxygen atoms in total. The standard InChI is InChI=1S/C16H16N2O2/c1-10(2)11-3-5-12(6-4-11)17-16-18-14-9-13(19)7-8-15(14)20-16/h3-10,19H,1-2H3,(H,17,18). The molecule has 0 spiro atoms. The molecule has 1 aromatic heterocycles. The highest BCUT2D eigenvalue weighted by atomic mass is 16.4. The molecule has 0 atom stereocenters. The lowest BCUT2D eigenvalue weighted by Crippen LogP contribution is -1.91. The molecule has 4 heteroatoms. The number of aromatic nitrogens is 1. The molecule has 20 heavy (non-hydrogen) atoms. The Labute approximate surface area is 117 Å². The minimum absolute atomic E-state index is 0.179. The molecule has 0 fully saturated rings. The largest absolute Gasteiger partial charge is 0.508 e. The van der Waals surface area contributed by atoms with E-state index in [0.717, 1.165) is 5.69 Å². The summed E-state index contributed by atoms with van der Waals surface area (Å²) in [7, 11) is 0. The van der Waals surface area contributed by atoms with Crippen LogP contribution in [0.25, 0.3) is 11.1 Å². The van der Waals surface area contributed by atoms with Gasteiger partial charge in [0, 0.05) is 11.8 Å². The molecule has 3 aromatic rings. The predicted octanol–water partition coefficient (Wildman–Crippen LogP) is 4.40. The summed E-state index contributed by atoms with van der Waals surface area (Å²) in [5.41, 5.74) is 3.48. The van der Waals surface area contributed by atoms with E-state index >= 15 is 0 Å². The lowest BCUT2D eigenvalue weighted by molar-refractivity contribution is 0.476. The van der Waals surface area contributed by atoms with Crippen LogP contribution in [0.15, 0.2) is 46.9 Å². The molecular weight excluding hydrogens is 252 g/mol. The molecule has 1 heterocycles. The van der Waals surface area contributed by atoms with Crippen LogP contribution < -0.4 is 5.32 Å². The summed E-state index contributed by atoms with van der Waals surface area (Å²) >= 11 is 0. The summed E-state index contributed by atoms with van der Waals surface area (Å²) in [6.07, 6.45) is 0. The minimum atomic E-state index is 0.179. The maximum absolute atomic E-state index is 9.41. The van der Waals surface area contributed by atoms with Gasteiger partial charge in [0.05, 0.1) is 0 Å². The van der Waals surface area contributed by atoms with Gasteiger partial charge in [-0.2, -0.15) is 4.98 Å². The summed E-state index contributed by atoms with van der Waals surface area (Å²) in [6, 6.07) is 13.4. The Morgan fingerprint density at radius 3 is 2.55 bits per heavy atom.